The standard InChI is InChI=1S/C28H24Cl3N3O3.C17H10Cl4N2O.C11H15NO2.CH4.ClH/c1-17-25(27(35)32-23(28(36)37-2)14-8-18-6-4-3-5-7-18)33-34(24-15-13-21(30)16-22(24)31)26(17)19-9-11-20(29)12-10-19;1-9-15(17(21)24)22-23(14-7-6-12(19)8-13(14)20)16(9)10-2-4-11(18)5-3-10;1-14-11(13)10(12)8-7-9-5-3-2-4-6-9;;/h3-7,9-13,15-16,23H,8,14H2,1-2H3,(H,32,35);2-8H,1H3;2-6,10H,7-8,12H2,1H3;1H4;1H/t23-;;10-;;/m1.1../s1. The lowest BCUT2D eigenvalue weighted by Crippen LogP contribution is -2.42. The zero-order chi connectivity index (χ0) is 54.3. The van der Waals surface area contributed by atoms with E-state index in [1.165, 1.54) is 19.8 Å². The number of carbonyl (C=O) groups excluding carboxylic acids is 4. The summed E-state index contributed by atoms with van der Waals surface area (Å²) in [6, 6.07) is 42.8. The maximum Gasteiger partial charge on any atom is 0.328 e. The van der Waals surface area contributed by atoms with Gasteiger partial charge in [-0.25, -0.2) is 14.2 Å². The van der Waals surface area contributed by atoms with Gasteiger partial charge in [-0.15, -0.1) is 12.4 Å². The average Bonchev–Trinajstić information content (AvgIpc) is 3.95. The van der Waals surface area contributed by atoms with E-state index in [0.29, 0.717) is 83.3 Å². The third kappa shape index (κ3) is 17.0. The number of halogens is 8. The van der Waals surface area contributed by atoms with Gasteiger partial charge in [0, 0.05) is 42.3 Å². The summed E-state index contributed by atoms with van der Waals surface area (Å²) in [5.41, 5.74) is 13.6. The SMILES string of the molecule is C.COC(=O)[C@@H](CCc1ccccc1)NC(=O)c1nn(-c2ccc(Cl)cc2Cl)c(-c2ccc(Cl)cc2)c1C.COC(=O)[C@H](N)CCc1ccccc1.Cc1c(C(=O)Cl)nn(-c2ccc(Cl)cc2Cl)c1-c1ccc(Cl)cc1.Cl. The number of amides is 1. The Labute approximate surface area is 489 Å². The second-order valence-corrected chi connectivity index (χ2v) is 19.6. The minimum Gasteiger partial charge on any atom is -0.468 e. The van der Waals surface area contributed by atoms with Crippen molar-refractivity contribution in [2.24, 2.45) is 5.73 Å². The lowest BCUT2D eigenvalue weighted by molar-refractivity contribution is -0.143. The molecule has 2 heterocycles. The van der Waals surface area contributed by atoms with E-state index in [2.05, 4.69) is 20.3 Å². The second-order valence-electron chi connectivity index (χ2n) is 16.7. The molecule has 20 heteroatoms. The molecule has 77 heavy (non-hydrogen) atoms. The van der Waals surface area contributed by atoms with Crippen molar-refractivity contribution in [3.8, 4) is 33.9 Å². The number of benzene rings is 6. The van der Waals surface area contributed by atoms with Gasteiger partial charge < -0.3 is 20.5 Å². The molecule has 0 bridgehead atoms. The zero-order valence-corrected chi connectivity index (χ0v) is 47.3. The Morgan fingerprint density at radius 2 is 0.948 bits per heavy atom. The molecular weight excluding hydrogens is 1150 g/mol. The molecule has 12 nitrogen and oxygen atoms in total. The molecule has 0 fully saturated rings. The Balaban J connectivity index is 0.000000274. The topological polar surface area (TPSA) is 160 Å². The van der Waals surface area contributed by atoms with Crippen molar-refractivity contribution in [1.82, 2.24) is 24.9 Å². The van der Waals surface area contributed by atoms with Crippen molar-refractivity contribution in [1.29, 1.82) is 0 Å². The first-order chi connectivity index (χ1) is 35.9. The fourth-order valence-electron chi connectivity index (χ4n) is 7.75. The molecule has 6 aromatic carbocycles. The smallest absolute Gasteiger partial charge is 0.328 e. The van der Waals surface area contributed by atoms with Crippen LogP contribution < -0.4 is 11.1 Å². The number of hydrogen-bond donors (Lipinski definition) is 2. The van der Waals surface area contributed by atoms with E-state index < -0.39 is 29.2 Å². The van der Waals surface area contributed by atoms with Crippen LogP contribution in [0.2, 0.25) is 30.1 Å². The van der Waals surface area contributed by atoms with Crippen LogP contribution in [0.15, 0.2) is 146 Å². The van der Waals surface area contributed by atoms with Crippen LogP contribution in [-0.4, -0.2) is 69.0 Å². The molecule has 2 atom stereocenters. The van der Waals surface area contributed by atoms with E-state index in [0.717, 1.165) is 23.1 Å². The van der Waals surface area contributed by atoms with Crippen LogP contribution in [0, 0.1) is 13.8 Å². The second kappa shape index (κ2) is 30.3. The maximum atomic E-state index is 13.5. The number of nitrogens with one attached hydrogen (secondary N) is 1. The van der Waals surface area contributed by atoms with Crippen molar-refractivity contribution in [2.45, 2.75) is 59.0 Å². The van der Waals surface area contributed by atoms with Gasteiger partial charge in [0.25, 0.3) is 11.1 Å². The summed E-state index contributed by atoms with van der Waals surface area (Å²) < 4.78 is 12.7. The molecule has 3 N–H and O–H groups in total. The average molecular weight is 1200 g/mol. The Kier molecular flexibility index (Phi) is 25.0. The van der Waals surface area contributed by atoms with Crippen LogP contribution in [-0.2, 0) is 31.9 Å². The van der Waals surface area contributed by atoms with Crippen molar-refractivity contribution >= 4 is 117 Å². The Hall–Kier alpha value is -5.90. The summed E-state index contributed by atoms with van der Waals surface area (Å²) in [4.78, 5) is 48.7. The number of ether oxygens (including phenoxy) is 2. The quantitative estimate of drug-likeness (QED) is 0.0752. The van der Waals surface area contributed by atoms with E-state index >= 15 is 0 Å². The predicted octanol–water partition coefficient (Wildman–Crippen LogP) is 15.1. The number of nitrogens with zero attached hydrogens (tertiary/aromatic N) is 4. The van der Waals surface area contributed by atoms with E-state index in [9.17, 15) is 19.2 Å². The van der Waals surface area contributed by atoms with Gasteiger partial charge in [-0.2, -0.15) is 10.2 Å². The monoisotopic (exact) mass is 1200 g/mol. The molecule has 404 valence electrons. The molecule has 0 aliphatic heterocycles. The summed E-state index contributed by atoms with van der Waals surface area (Å²) in [5, 5.41) is 14.1. The predicted molar refractivity (Wildman–Crippen MR) is 314 cm³/mol. The summed E-state index contributed by atoms with van der Waals surface area (Å²) in [5.74, 6) is -1.37. The minimum absolute atomic E-state index is 0. The molecule has 0 aliphatic carbocycles. The number of esters is 2. The van der Waals surface area contributed by atoms with Crippen molar-refractivity contribution in [3.63, 3.8) is 0 Å². The Bertz CT molecular complexity index is 3270. The van der Waals surface area contributed by atoms with Gasteiger partial charge in [-0.05, 0) is 123 Å². The van der Waals surface area contributed by atoms with Gasteiger partial charge in [0.05, 0.1) is 47.0 Å². The molecule has 0 unspecified atom stereocenters. The molecule has 1 amide bonds. The highest BCUT2D eigenvalue weighted by molar-refractivity contribution is 6.67. The number of aromatic nitrogens is 4. The number of methoxy groups -OCH3 is 2. The number of carbonyl (C=O) groups is 4. The fraction of sp³-hybridized carbons (Fsp3) is 0.193. The molecule has 8 aromatic rings. The van der Waals surface area contributed by atoms with E-state index in [1.807, 2.05) is 84.9 Å². The Morgan fingerprint density at radius 3 is 1.35 bits per heavy atom. The van der Waals surface area contributed by atoms with Crippen LogP contribution >= 0.6 is 93.6 Å². The first-order valence-corrected chi connectivity index (χ1v) is 25.7. The maximum absolute atomic E-state index is 13.5. The normalized spacial score (nSPS) is 11.2. The van der Waals surface area contributed by atoms with E-state index in [1.54, 1.807) is 83.9 Å². The van der Waals surface area contributed by atoms with Gasteiger partial charge in [0.2, 0.25) is 0 Å². The van der Waals surface area contributed by atoms with Crippen LogP contribution in [0.3, 0.4) is 0 Å². The number of hydrogen-bond acceptors (Lipinski definition) is 9. The molecular formula is C57H54Cl8N6O6. The summed E-state index contributed by atoms with van der Waals surface area (Å²) in [6.07, 6.45) is 2.38. The van der Waals surface area contributed by atoms with Crippen LogP contribution in [0.5, 0.6) is 0 Å². The minimum atomic E-state index is -0.847. The first-order valence-electron chi connectivity index (χ1n) is 23.0. The fourth-order valence-corrected chi connectivity index (χ4v) is 9.16. The number of nitrogens with two attached hydrogens (primary N) is 1. The van der Waals surface area contributed by atoms with Gasteiger partial charge in [-0.3, -0.25) is 14.4 Å². The van der Waals surface area contributed by atoms with Gasteiger partial charge in [0.15, 0.2) is 5.69 Å². The molecule has 0 radical (unpaired) electrons. The lowest BCUT2D eigenvalue weighted by atomic mass is 10.0. The van der Waals surface area contributed by atoms with E-state index in [-0.39, 0.29) is 37.2 Å². The highest BCUT2D eigenvalue weighted by atomic mass is 35.5. The zero-order valence-electron chi connectivity index (χ0n) is 41.2. The van der Waals surface area contributed by atoms with Crippen molar-refractivity contribution in [3.05, 3.63) is 209 Å². The van der Waals surface area contributed by atoms with Crippen LogP contribution in [0.25, 0.3) is 33.9 Å². The highest BCUT2D eigenvalue weighted by Gasteiger charge is 2.28. The van der Waals surface area contributed by atoms with E-state index in [4.69, 9.17) is 91.7 Å². The van der Waals surface area contributed by atoms with Gasteiger partial charge >= 0.3 is 11.9 Å². The van der Waals surface area contributed by atoms with Crippen molar-refractivity contribution < 1.29 is 28.7 Å². The molecule has 0 saturated carbocycles. The molecule has 8 rings (SSSR count). The molecule has 0 saturated heterocycles. The summed E-state index contributed by atoms with van der Waals surface area (Å²) in [7, 11) is 2.65. The Morgan fingerprint density at radius 1 is 0.558 bits per heavy atom. The third-order valence-corrected chi connectivity index (χ3v) is 13.4. The summed E-state index contributed by atoms with van der Waals surface area (Å²) >= 11 is 42.6. The number of aryl methyl sites for hydroxylation is 2. The van der Waals surface area contributed by atoms with Crippen LogP contribution in [0.1, 0.15) is 63.5 Å². The lowest BCUT2D eigenvalue weighted by Gasteiger charge is -2.16. The van der Waals surface area contributed by atoms with Gasteiger partial charge in [-0.1, -0.05) is 162 Å². The molecule has 0 aliphatic rings. The molecule has 0 spiro atoms. The first kappa shape index (κ1) is 63.6. The van der Waals surface area contributed by atoms with Crippen LogP contribution in [0.4, 0.5) is 0 Å². The molecule has 2 aromatic heterocycles. The third-order valence-electron chi connectivity index (χ3n) is 11.6. The van der Waals surface area contributed by atoms with Gasteiger partial charge in [0.1, 0.15) is 17.8 Å². The highest BCUT2D eigenvalue weighted by Crippen LogP contribution is 2.35. The van der Waals surface area contributed by atoms with Crippen molar-refractivity contribution in [2.75, 3.05) is 14.2 Å². The summed E-state index contributed by atoms with van der Waals surface area (Å²) in [6.45, 7) is 3.58. The largest absolute Gasteiger partial charge is 0.468 e. The number of rotatable bonds is 15.